The van der Waals surface area contributed by atoms with Crippen LogP contribution in [0.5, 0.6) is 0 Å². The minimum absolute atomic E-state index is 0.248. The third-order valence-corrected chi connectivity index (χ3v) is 4.91. The summed E-state index contributed by atoms with van der Waals surface area (Å²) in [6, 6.07) is 0. The molecule has 0 spiro atoms. The van der Waals surface area contributed by atoms with Gasteiger partial charge in [0.2, 0.25) is 0 Å². The van der Waals surface area contributed by atoms with Crippen molar-refractivity contribution >= 4 is 0 Å². The van der Waals surface area contributed by atoms with E-state index < -0.39 is 0 Å². The molecule has 0 aromatic heterocycles. The van der Waals surface area contributed by atoms with Gasteiger partial charge in [-0.05, 0) is 26.9 Å². The molecule has 0 amide bonds. The summed E-state index contributed by atoms with van der Waals surface area (Å²) in [5.74, 6) is 0. The van der Waals surface area contributed by atoms with E-state index in [2.05, 4.69) is 6.92 Å². The van der Waals surface area contributed by atoms with Crippen molar-refractivity contribution in [1.82, 2.24) is 4.90 Å². The van der Waals surface area contributed by atoms with Crippen LogP contribution in [0.1, 0.15) is 116 Å². The first-order valence-corrected chi connectivity index (χ1v) is 10.5. The Balaban J connectivity index is 3.03. The Bertz CT molecular complexity index is 218. The average Bonchev–Trinajstić information content (AvgIpc) is 2.54. The Kier molecular flexibility index (Phi) is 18.2. The van der Waals surface area contributed by atoms with Crippen molar-refractivity contribution < 1.29 is 5.11 Å². The van der Waals surface area contributed by atoms with Crippen molar-refractivity contribution in [2.24, 2.45) is 0 Å². The number of aliphatic hydroxyl groups excluding tert-OH is 1. The van der Waals surface area contributed by atoms with Crippen molar-refractivity contribution in [1.29, 1.82) is 0 Å². The van der Waals surface area contributed by atoms with Crippen LogP contribution in [0.3, 0.4) is 0 Å². The van der Waals surface area contributed by atoms with Gasteiger partial charge in [0.25, 0.3) is 0 Å². The van der Waals surface area contributed by atoms with Crippen molar-refractivity contribution in [3.8, 4) is 0 Å². The van der Waals surface area contributed by atoms with Gasteiger partial charge in [0, 0.05) is 0 Å². The van der Waals surface area contributed by atoms with Crippen LogP contribution in [-0.2, 0) is 0 Å². The van der Waals surface area contributed by atoms with Gasteiger partial charge in [0.1, 0.15) is 6.23 Å². The molecule has 23 heavy (non-hydrogen) atoms. The van der Waals surface area contributed by atoms with E-state index in [1.54, 1.807) is 0 Å². The maximum absolute atomic E-state index is 9.67. The zero-order valence-electron chi connectivity index (χ0n) is 16.5. The highest BCUT2D eigenvalue weighted by atomic mass is 16.3. The number of hydrogen-bond acceptors (Lipinski definition) is 2. The van der Waals surface area contributed by atoms with Crippen LogP contribution >= 0.6 is 0 Å². The molecule has 0 aromatic carbocycles. The summed E-state index contributed by atoms with van der Waals surface area (Å²) in [6.45, 7) is 2.29. The summed E-state index contributed by atoms with van der Waals surface area (Å²) in [5, 5.41) is 9.67. The molecule has 1 unspecified atom stereocenters. The molecular formula is C21H45NO. The van der Waals surface area contributed by atoms with E-state index in [-0.39, 0.29) is 6.23 Å². The Morgan fingerprint density at radius 2 is 0.870 bits per heavy atom. The standard InChI is InChI=1S/C21H45NO/c1-4-5-6-7-8-9-10-11-12-13-14-15-16-17-18-19-20-21(23)22(2)3/h21,23H,4-20H2,1-3H3. The van der Waals surface area contributed by atoms with Gasteiger partial charge in [-0.15, -0.1) is 0 Å². The van der Waals surface area contributed by atoms with Crippen LogP contribution < -0.4 is 0 Å². The van der Waals surface area contributed by atoms with E-state index in [1.807, 2.05) is 19.0 Å². The molecule has 0 radical (unpaired) electrons. The lowest BCUT2D eigenvalue weighted by Gasteiger charge is -2.17. The number of nitrogens with zero attached hydrogens (tertiary/aromatic N) is 1. The van der Waals surface area contributed by atoms with Crippen LogP contribution in [-0.4, -0.2) is 30.3 Å². The third-order valence-electron chi connectivity index (χ3n) is 4.91. The van der Waals surface area contributed by atoms with E-state index in [0.29, 0.717) is 0 Å². The van der Waals surface area contributed by atoms with Crippen LogP contribution in [0.15, 0.2) is 0 Å². The summed E-state index contributed by atoms with van der Waals surface area (Å²) in [5.41, 5.74) is 0. The van der Waals surface area contributed by atoms with Crippen LogP contribution in [0.4, 0.5) is 0 Å². The van der Waals surface area contributed by atoms with Gasteiger partial charge in [-0.25, -0.2) is 0 Å². The molecule has 1 atom stereocenters. The molecule has 2 nitrogen and oxygen atoms in total. The van der Waals surface area contributed by atoms with Gasteiger partial charge in [-0.1, -0.05) is 103 Å². The summed E-state index contributed by atoms with van der Waals surface area (Å²) in [6.07, 6.45) is 23.1. The van der Waals surface area contributed by atoms with E-state index >= 15 is 0 Å². The third kappa shape index (κ3) is 18.1. The first-order valence-electron chi connectivity index (χ1n) is 10.5. The molecule has 1 N–H and O–H groups in total. The van der Waals surface area contributed by atoms with Gasteiger partial charge in [0.15, 0.2) is 0 Å². The Morgan fingerprint density at radius 3 is 1.17 bits per heavy atom. The first kappa shape index (κ1) is 22.9. The molecule has 0 aliphatic rings. The number of aliphatic hydroxyl groups is 1. The normalized spacial score (nSPS) is 12.9. The van der Waals surface area contributed by atoms with E-state index in [1.165, 1.54) is 96.3 Å². The number of rotatable bonds is 18. The maximum Gasteiger partial charge on any atom is 0.106 e. The minimum Gasteiger partial charge on any atom is -0.378 e. The zero-order chi connectivity index (χ0) is 17.2. The molecule has 0 rings (SSSR count). The lowest BCUT2D eigenvalue weighted by molar-refractivity contribution is 0.0313. The van der Waals surface area contributed by atoms with Crippen LogP contribution in [0.25, 0.3) is 0 Å². The van der Waals surface area contributed by atoms with Crippen molar-refractivity contribution in [2.45, 2.75) is 122 Å². The Hall–Kier alpha value is -0.0800. The summed E-state index contributed by atoms with van der Waals surface area (Å²) < 4.78 is 0. The van der Waals surface area contributed by atoms with Gasteiger partial charge in [-0.2, -0.15) is 0 Å². The molecule has 0 bridgehead atoms. The molecule has 0 fully saturated rings. The highest BCUT2D eigenvalue weighted by Crippen LogP contribution is 2.14. The van der Waals surface area contributed by atoms with Crippen molar-refractivity contribution in [2.75, 3.05) is 14.1 Å². The second-order valence-electron chi connectivity index (χ2n) is 7.54. The summed E-state index contributed by atoms with van der Waals surface area (Å²) >= 11 is 0. The molecule has 2 heteroatoms. The highest BCUT2D eigenvalue weighted by molar-refractivity contribution is 4.53. The largest absolute Gasteiger partial charge is 0.378 e. The van der Waals surface area contributed by atoms with Crippen LogP contribution in [0.2, 0.25) is 0 Å². The molecule has 0 aliphatic heterocycles. The zero-order valence-corrected chi connectivity index (χ0v) is 16.5. The minimum atomic E-state index is -0.248. The molecule has 0 saturated heterocycles. The highest BCUT2D eigenvalue weighted by Gasteiger charge is 2.04. The monoisotopic (exact) mass is 327 g/mol. The van der Waals surface area contributed by atoms with Crippen molar-refractivity contribution in [3.05, 3.63) is 0 Å². The fourth-order valence-corrected chi connectivity index (χ4v) is 3.13. The topological polar surface area (TPSA) is 23.5 Å². The van der Waals surface area contributed by atoms with E-state index in [9.17, 15) is 5.11 Å². The van der Waals surface area contributed by atoms with Gasteiger partial charge < -0.3 is 5.11 Å². The smallest absolute Gasteiger partial charge is 0.106 e. The summed E-state index contributed by atoms with van der Waals surface area (Å²) in [7, 11) is 3.88. The Morgan fingerprint density at radius 1 is 0.565 bits per heavy atom. The first-order chi connectivity index (χ1) is 11.2. The average molecular weight is 328 g/mol. The predicted molar refractivity (Wildman–Crippen MR) is 104 cm³/mol. The molecular weight excluding hydrogens is 282 g/mol. The lowest BCUT2D eigenvalue weighted by atomic mass is 10.0. The lowest BCUT2D eigenvalue weighted by Crippen LogP contribution is -2.27. The summed E-state index contributed by atoms with van der Waals surface area (Å²) in [4.78, 5) is 1.89. The number of hydrogen-bond donors (Lipinski definition) is 1. The molecule has 0 aliphatic carbocycles. The van der Waals surface area contributed by atoms with Gasteiger partial charge in [-0.3, -0.25) is 4.90 Å². The van der Waals surface area contributed by atoms with Crippen molar-refractivity contribution in [3.63, 3.8) is 0 Å². The maximum atomic E-state index is 9.67. The number of unbranched alkanes of at least 4 members (excludes halogenated alkanes) is 15. The van der Waals surface area contributed by atoms with Gasteiger partial charge >= 0.3 is 0 Å². The fraction of sp³-hybridized carbons (Fsp3) is 1.00. The Labute approximate surface area is 147 Å². The SMILES string of the molecule is CCCCCCCCCCCCCCCCCCC(O)N(C)C. The van der Waals surface area contributed by atoms with E-state index in [0.717, 1.165) is 12.8 Å². The molecule has 140 valence electrons. The molecule has 0 aromatic rings. The molecule has 0 saturated carbocycles. The molecule has 0 heterocycles. The predicted octanol–water partition coefficient (Wildman–Crippen LogP) is 6.52. The fourth-order valence-electron chi connectivity index (χ4n) is 3.13. The van der Waals surface area contributed by atoms with Crippen LogP contribution in [0, 0.1) is 0 Å². The quantitative estimate of drug-likeness (QED) is 0.229. The second-order valence-corrected chi connectivity index (χ2v) is 7.54. The second kappa shape index (κ2) is 18.3. The van der Waals surface area contributed by atoms with Gasteiger partial charge in [0.05, 0.1) is 0 Å². The van der Waals surface area contributed by atoms with E-state index in [4.69, 9.17) is 0 Å².